The van der Waals surface area contributed by atoms with Gasteiger partial charge in [0.05, 0.1) is 12.0 Å². The number of nitrogens with zero attached hydrogens (tertiary/aromatic N) is 2. The summed E-state index contributed by atoms with van der Waals surface area (Å²) in [6.45, 7) is 3.94. The predicted molar refractivity (Wildman–Crippen MR) is 89.6 cm³/mol. The van der Waals surface area contributed by atoms with E-state index >= 15 is 0 Å². The Morgan fingerprint density at radius 3 is 2.70 bits per heavy atom. The summed E-state index contributed by atoms with van der Waals surface area (Å²) in [6.07, 6.45) is 1.42. The number of ether oxygens (including phenoxy) is 2. The lowest BCUT2D eigenvalue weighted by Crippen LogP contribution is -2.03. The van der Waals surface area contributed by atoms with Gasteiger partial charge in [0, 0.05) is 5.02 Å². The minimum Gasteiger partial charge on any atom is -0.462 e. The molecule has 0 atom stereocenters. The molecule has 3 aromatic rings. The fourth-order valence-electron chi connectivity index (χ4n) is 2.12. The van der Waals surface area contributed by atoms with Crippen LogP contribution >= 0.6 is 22.9 Å². The Bertz CT molecular complexity index is 862. The molecular formula is C16H13ClN2O3S. The molecule has 2 aromatic heterocycles. The van der Waals surface area contributed by atoms with Gasteiger partial charge >= 0.3 is 5.97 Å². The highest BCUT2D eigenvalue weighted by Gasteiger charge is 2.21. The molecule has 0 amide bonds. The fourth-order valence-corrected chi connectivity index (χ4v) is 3.28. The standard InChI is InChI=1S/C16H13ClN2O3S/c1-3-21-16(20)13-9(2)12-14(18-8-19-15(12)23-13)22-11-6-4-10(17)5-7-11/h4-8H,3H2,1-2H3. The highest BCUT2D eigenvalue weighted by atomic mass is 35.5. The van der Waals surface area contributed by atoms with Crippen LogP contribution in [0.3, 0.4) is 0 Å². The van der Waals surface area contributed by atoms with Crippen LogP contribution in [-0.2, 0) is 4.74 Å². The third-order valence-corrected chi connectivity index (χ3v) is 4.61. The number of thiophene rings is 1. The SMILES string of the molecule is CCOC(=O)c1sc2ncnc(Oc3ccc(Cl)cc3)c2c1C. The first-order valence-electron chi connectivity index (χ1n) is 6.94. The number of aryl methyl sites for hydroxylation is 1. The van der Waals surface area contributed by atoms with Gasteiger partial charge in [-0.1, -0.05) is 11.6 Å². The summed E-state index contributed by atoms with van der Waals surface area (Å²) in [6, 6.07) is 6.98. The molecule has 0 spiro atoms. The van der Waals surface area contributed by atoms with Crippen molar-refractivity contribution >= 4 is 39.1 Å². The van der Waals surface area contributed by atoms with Gasteiger partial charge in [-0.15, -0.1) is 11.3 Å². The van der Waals surface area contributed by atoms with Gasteiger partial charge in [0.25, 0.3) is 0 Å². The summed E-state index contributed by atoms with van der Waals surface area (Å²) >= 11 is 7.14. The number of halogens is 1. The highest BCUT2D eigenvalue weighted by molar-refractivity contribution is 7.20. The average molecular weight is 349 g/mol. The molecule has 0 radical (unpaired) electrons. The number of benzene rings is 1. The first-order chi connectivity index (χ1) is 11.1. The zero-order valence-electron chi connectivity index (χ0n) is 12.5. The second-order valence-electron chi connectivity index (χ2n) is 4.69. The van der Waals surface area contributed by atoms with Crippen LogP contribution in [0.5, 0.6) is 11.6 Å². The molecule has 118 valence electrons. The Hall–Kier alpha value is -2.18. The van der Waals surface area contributed by atoms with Gasteiger partial charge in [-0.05, 0) is 43.7 Å². The molecule has 0 fully saturated rings. The molecule has 23 heavy (non-hydrogen) atoms. The molecule has 0 saturated carbocycles. The topological polar surface area (TPSA) is 61.3 Å². The molecule has 0 aliphatic rings. The molecule has 5 nitrogen and oxygen atoms in total. The smallest absolute Gasteiger partial charge is 0.348 e. The second kappa shape index (κ2) is 6.52. The van der Waals surface area contributed by atoms with Crippen LogP contribution in [0.25, 0.3) is 10.2 Å². The zero-order chi connectivity index (χ0) is 16.4. The maximum atomic E-state index is 12.0. The van der Waals surface area contributed by atoms with Crippen molar-refractivity contribution in [3.8, 4) is 11.6 Å². The van der Waals surface area contributed by atoms with Gasteiger partial charge in [-0.3, -0.25) is 0 Å². The van der Waals surface area contributed by atoms with E-state index in [0.717, 1.165) is 10.9 Å². The molecule has 0 bridgehead atoms. The zero-order valence-corrected chi connectivity index (χ0v) is 14.1. The van der Waals surface area contributed by atoms with Gasteiger partial charge in [0.2, 0.25) is 5.88 Å². The summed E-state index contributed by atoms with van der Waals surface area (Å²) in [7, 11) is 0. The lowest BCUT2D eigenvalue weighted by atomic mass is 10.2. The van der Waals surface area contributed by atoms with Crippen LogP contribution in [0.1, 0.15) is 22.2 Å². The van der Waals surface area contributed by atoms with Crippen molar-refractivity contribution in [3.05, 3.63) is 46.1 Å². The Labute approximate surface area is 141 Å². The van der Waals surface area contributed by atoms with Gasteiger partial charge in [0.15, 0.2) is 0 Å². The van der Waals surface area contributed by atoms with Crippen molar-refractivity contribution in [1.29, 1.82) is 0 Å². The lowest BCUT2D eigenvalue weighted by molar-refractivity contribution is 0.0531. The van der Waals surface area contributed by atoms with E-state index in [2.05, 4.69) is 9.97 Å². The Morgan fingerprint density at radius 1 is 1.26 bits per heavy atom. The largest absolute Gasteiger partial charge is 0.462 e. The van der Waals surface area contributed by atoms with Crippen molar-refractivity contribution in [1.82, 2.24) is 9.97 Å². The maximum absolute atomic E-state index is 12.0. The van der Waals surface area contributed by atoms with Crippen molar-refractivity contribution in [2.45, 2.75) is 13.8 Å². The number of rotatable bonds is 4. The summed E-state index contributed by atoms with van der Waals surface area (Å²) in [5.41, 5.74) is 0.757. The van der Waals surface area contributed by atoms with E-state index in [1.165, 1.54) is 17.7 Å². The molecule has 0 N–H and O–H groups in total. The molecular weight excluding hydrogens is 336 g/mol. The normalized spacial score (nSPS) is 10.7. The van der Waals surface area contributed by atoms with Crippen LogP contribution in [-0.4, -0.2) is 22.5 Å². The number of hydrogen-bond donors (Lipinski definition) is 0. The molecule has 0 aliphatic carbocycles. The minimum atomic E-state index is -0.356. The van der Waals surface area contributed by atoms with E-state index in [-0.39, 0.29) is 5.97 Å². The maximum Gasteiger partial charge on any atom is 0.348 e. The van der Waals surface area contributed by atoms with E-state index in [1.54, 1.807) is 31.2 Å². The first-order valence-corrected chi connectivity index (χ1v) is 8.14. The summed E-state index contributed by atoms with van der Waals surface area (Å²) in [4.78, 5) is 21.6. The molecule has 3 rings (SSSR count). The Morgan fingerprint density at radius 2 is 2.00 bits per heavy atom. The van der Waals surface area contributed by atoms with Crippen molar-refractivity contribution in [3.63, 3.8) is 0 Å². The van der Waals surface area contributed by atoms with Gasteiger partial charge in [0.1, 0.15) is 21.8 Å². The lowest BCUT2D eigenvalue weighted by Gasteiger charge is -2.06. The number of esters is 1. The van der Waals surface area contributed by atoms with Crippen LogP contribution in [0.15, 0.2) is 30.6 Å². The second-order valence-corrected chi connectivity index (χ2v) is 6.13. The third-order valence-electron chi connectivity index (χ3n) is 3.18. The molecule has 1 aromatic carbocycles. The van der Waals surface area contributed by atoms with Crippen molar-refractivity contribution in [2.75, 3.05) is 6.61 Å². The number of hydrogen-bond acceptors (Lipinski definition) is 6. The third kappa shape index (κ3) is 3.13. The van der Waals surface area contributed by atoms with Crippen LogP contribution < -0.4 is 4.74 Å². The Balaban J connectivity index is 2.04. The Kier molecular flexibility index (Phi) is 4.45. The van der Waals surface area contributed by atoms with E-state index in [1.807, 2.05) is 6.92 Å². The quantitative estimate of drug-likeness (QED) is 0.644. The van der Waals surface area contributed by atoms with Gasteiger partial charge < -0.3 is 9.47 Å². The van der Waals surface area contributed by atoms with E-state index in [0.29, 0.717) is 33.0 Å². The molecule has 0 aliphatic heterocycles. The first kappa shape index (κ1) is 15.7. The molecule has 0 unspecified atom stereocenters. The van der Waals surface area contributed by atoms with E-state index in [9.17, 15) is 4.79 Å². The van der Waals surface area contributed by atoms with E-state index in [4.69, 9.17) is 21.1 Å². The average Bonchev–Trinajstić information content (AvgIpc) is 2.88. The number of aromatic nitrogens is 2. The van der Waals surface area contributed by atoms with Crippen LogP contribution in [0, 0.1) is 6.92 Å². The van der Waals surface area contributed by atoms with Gasteiger partial charge in [-0.2, -0.15) is 0 Å². The van der Waals surface area contributed by atoms with Crippen LogP contribution in [0.2, 0.25) is 5.02 Å². The number of carbonyl (C=O) groups excluding carboxylic acids is 1. The van der Waals surface area contributed by atoms with E-state index < -0.39 is 0 Å². The molecule has 2 heterocycles. The highest BCUT2D eigenvalue weighted by Crippen LogP contribution is 2.36. The number of carbonyl (C=O) groups is 1. The number of fused-ring (bicyclic) bond motifs is 1. The summed E-state index contributed by atoms with van der Waals surface area (Å²) < 4.78 is 10.9. The minimum absolute atomic E-state index is 0.326. The van der Waals surface area contributed by atoms with Gasteiger partial charge in [-0.25, -0.2) is 14.8 Å². The predicted octanol–water partition coefficient (Wildman–Crippen LogP) is 4.62. The monoisotopic (exact) mass is 348 g/mol. The fraction of sp³-hybridized carbons (Fsp3) is 0.188. The molecule has 7 heteroatoms. The van der Waals surface area contributed by atoms with Crippen LogP contribution in [0.4, 0.5) is 0 Å². The van der Waals surface area contributed by atoms with Crippen molar-refractivity contribution < 1.29 is 14.3 Å². The summed E-state index contributed by atoms with van der Waals surface area (Å²) in [5, 5.41) is 1.34. The van der Waals surface area contributed by atoms with Crippen molar-refractivity contribution in [2.24, 2.45) is 0 Å². The summed E-state index contributed by atoms with van der Waals surface area (Å²) in [5.74, 6) is 0.657. The molecule has 0 saturated heterocycles.